The van der Waals surface area contributed by atoms with Crippen molar-refractivity contribution < 1.29 is 4.79 Å². The van der Waals surface area contributed by atoms with E-state index < -0.39 is 0 Å². The molecule has 0 spiro atoms. The lowest BCUT2D eigenvalue weighted by molar-refractivity contribution is 0.0947. The number of aromatic amines is 2. The number of imidazole rings is 2. The molecular weight excluding hydrogens is 492 g/mol. The fraction of sp³-hybridized carbons (Fsp3) is 0.107. The maximum Gasteiger partial charge on any atom is 0.251 e. The van der Waals surface area contributed by atoms with Crippen LogP contribution in [0.1, 0.15) is 28.5 Å². The Kier molecular flexibility index (Phi) is 6.00. The van der Waals surface area contributed by atoms with E-state index in [1.54, 1.807) is 37.1 Å². The van der Waals surface area contributed by atoms with Crippen LogP contribution in [0.5, 0.6) is 0 Å². The first-order chi connectivity index (χ1) is 19.0. The zero-order valence-electron chi connectivity index (χ0n) is 21.2. The summed E-state index contributed by atoms with van der Waals surface area (Å²) >= 11 is 0. The minimum atomic E-state index is -0.318. The summed E-state index contributed by atoms with van der Waals surface area (Å²) in [6.45, 7) is 3.79. The van der Waals surface area contributed by atoms with Gasteiger partial charge in [-0.1, -0.05) is 24.3 Å². The van der Waals surface area contributed by atoms with Gasteiger partial charge in [0.15, 0.2) is 11.5 Å². The first-order valence-electron chi connectivity index (χ1n) is 12.3. The van der Waals surface area contributed by atoms with E-state index in [2.05, 4.69) is 35.5 Å². The van der Waals surface area contributed by atoms with E-state index >= 15 is 0 Å². The van der Waals surface area contributed by atoms with Crippen LogP contribution < -0.4 is 5.32 Å². The molecule has 11 heteroatoms. The molecule has 0 saturated carbocycles. The number of nitrogens with one attached hydrogen (secondary N) is 4. The molecule has 0 radical (unpaired) electrons. The van der Waals surface area contributed by atoms with Crippen LogP contribution in [0.3, 0.4) is 0 Å². The molecule has 1 unspecified atom stereocenters. The van der Waals surface area contributed by atoms with Crippen molar-refractivity contribution in [3.05, 3.63) is 90.4 Å². The molecule has 11 nitrogen and oxygen atoms in total. The van der Waals surface area contributed by atoms with Crippen LogP contribution in [-0.4, -0.2) is 57.8 Å². The molecule has 5 heterocycles. The molecule has 0 saturated heterocycles. The highest BCUT2D eigenvalue weighted by Gasteiger charge is 2.17. The van der Waals surface area contributed by atoms with Crippen molar-refractivity contribution in [1.82, 2.24) is 45.0 Å². The lowest BCUT2D eigenvalue weighted by atomic mass is 10.0. The minimum absolute atomic E-state index is 0.182. The van der Waals surface area contributed by atoms with Gasteiger partial charge in [-0.15, -0.1) is 0 Å². The Bertz CT molecular complexity index is 1860. The van der Waals surface area contributed by atoms with E-state index in [0.717, 1.165) is 27.8 Å². The molecule has 6 rings (SSSR count). The highest BCUT2D eigenvalue weighted by molar-refractivity contribution is 6.10. The molecular formula is C28H24N10O. The SMILES string of the molecule is Cc1cn(-c2cncc3[nH]c(-c4[nH]nc5ncc(/C(C=N)=C/C(C)NC(=O)c6ccccc6)cc45)nc23)cn1. The average Bonchev–Trinajstić information content (AvgIpc) is 3.69. The Labute approximate surface area is 222 Å². The summed E-state index contributed by atoms with van der Waals surface area (Å²) in [4.78, 5) is 33.9. The molecule has 0 aliphatic rings. The lowest BCUT2D eigenvalue weighted by Crippen LogP contribution is -2.31. The number of fused-ring (bicyclic) bond motifs is 2. The van der Waals surface area contributed by atoms with E-state index in [9.17, 15) is 4.79 Å². The largest absolute Gasteiger partial charge is 0.346 e. The van der Waals surface area contributed by atoms with Crippen LogP contribution in [0.25, 0.3) is 44.8 Å². The van der Waals surface area contributed by atoms with Gasteiger partial charge in [0, 0.05) is 35.8 Å². The molecule has 6 aromatic rings. The third kappa shape index (κ3) is 4.57. The molecule has 5 aromatic heterocycles. The second-order valence-corrected chi connectivity index (χ2v) is 9.15. The van der Waals surface area contributed by atoms with Crippen molar-refractivity contribution >= 4 is 39.8 Å². The van der Waals surface area contributed by atoms with E-state index in [-0.39, 0.29) is 11.9 Å². The van der Waals surface area contributed by atoms with E-state index in [4.69, 9.17) is 10.4 Å². The third-order valence-electron chi connectivity index (χ3n) is 6.32. The maximum absolute atomic E-state index is 12.6. The van der Waals surface area contributed by atoms with Gasteiger partial charge in [-0.3, -0.25) is 14.9 Å². The van der Waals surface area contributed by atoms with Gasteiger partial charge in [-0.05, 0) is 37.6 Å². The number of rotatable bonds is 7. The Hall–Kier alpha value is -5.45. The quantitative estimate of drug-likeness (QED) is 0.233. The number of amides is 1. The number of hydrogen-bond acceptors (Lipinski definition) is 7. The molecule has 1 amide bonds. The van der Waals surface area contributed by atoms with Crippen molar-refractivity contribution in [3.63, 3.8) is 0 Å². The maximum atomic E-state index is 12.6. The molecule has 39 heavy (non-hydrogen) atoms. The molecule has 0 fully saturated rings. The summed E-state index contributed by atoms with van der Waals surface area (Å²) in [6.07, 6.45) is 11.9. The highest BCUT2D eigenvalue weighted by atomic mass is 16.1. The number of aryl methyl sites for hydroxylation is 1. The molecule has 0 aliphatic heterocycles. The number of hydrogen-bond donors (Lipinski definition) is 4. The summed E-state index contributed by atoms with van der Waals surface area (Å²) < 4.78 is 1.89. The topological polar surface area (TPSA) is 154 Å². The standard InChI is InChI=1S/C28H24N10O/c1-16(33-28(39)18-6-4-3-5-7-18)8-19(10-29)20-9-21-24(36-37-26(21)31-11-20)27-34-22-12-30-13-23(25(22)35-27)38-14-17(2)32-15-38/h3-16,29H,1-2H3,(H,33,39)(H,34,35)(H,31,36,37)/b19-8+,29-10?. The van der Waals surface area contributed by atoms with Crippen LogP contribution in [0, 0.1) is 12.3 Å². The number of allylic oxidation sites excluding steroid dienone is 1. The van der Waals surface area contributed by atoms with Gasteiger partial charge in [0.1, 0.15) is 11.2 Å². The van der Waals surface area contributed by atoms with Crippen molar-refractivity contribution in [1.29, 1.82) is 5.41 Å². The summed E-state index contributed by atoms with van der Waals surface area (Å²) in [5.41, 5.74) is 6.30. The van der Waals surface area contributed by atoms with Gasteiger partial charge in [0.05, 0.1) is 41.0 Å². The van der Waals surface area contributed by atoms with E-state index in [0.29, 0.717) is 33.9 Å². The van der Waals surface area contributed by atoms with Gasteiger partial charge in [-0.25, -0.2) is 15.0 Å². The predicted molar refractivity (Wildman–Crippen MR) is 149 cm³/mol. The molecule has 4 N–H and O–H groups in total. The Morgan fingerprint density at radius 2 is 1.97 bits per heavy atom. The van der Waals surface area contributed by atoms with Gasteiger partial charge < -0.3 is 20.3 Å². The first kappa shape index (κ1) is 23.9. The number of H-pyrrole nitrogens is 2. The van der Waals surface area contributed by atoms with Gasteiger partial charge in [0.25, 0.3) is 5.91 Å². The number of pyridine rings is 2. The lowest BCUT2D eigenvalue weighted by Gasteiger charge is -2.12. The monoisotopic (exact) mass is 516 g/mol. The summed E-state index contributed by atoms with van der Waals surface area (Å²) in [5.74, 6) is 0.403. The van der Waals surface area contributed by atoms with Gasteiger partial charge in [-0.2, -0.15) is 5.10 Å². The normalized spacial score (nSPS) is 12.6. The van der Waals surface area contributed by atoms with Crippen molar-refractivity contribution in [2.24, 2.45) is 0 Å². The fourth-order valence-electron chi connectivity index (χ4n) is 4.44. The van der Waals surface area contributed by atoms with Crippen molar-refractivity contribution in [2.75, 3.05) is 0 Å². The highest BCUT2D eigenvalue weighted by Crippen LogP contribution is 2.29. The number of nitrogens with zero attached hydrogens (tertiary/aromatic N) is 6. The molecule has 192 valence electrons. The van der Waals surface area contributed by atoms with Crippen LogP contribution in [-0.2, 0) is 0 Å². The van der Waals surface area contributed by atoms with Crippen LogP contribution in [0.15, 0.2) is 73.6 Å². The van der Waals surface area contributed by atoms with E-state index in [1.807, 2.05) is 55.0 Å². The molecule has 1 atom stereocenters. The average molecular weight is 517 g/mol. The van der Waals surface area contributed by atoms with Gasteiger partial charge in [0.2, 0.25) is 0 Å². The van der Waals surface area contributed by atoms with E-state index in [1.165, 1.54) is 6.21 Å². The van der Waals surface area contributed by atoms with Crippen molar-refractivity contribution in [2.45, 2.75) is 19.9 Å². The minimum Gasteiger partial charge on any atom is -0.346 e. The number of carbonyl (C=O) groups excluding carboxylic acids is 1. The Morgan fingerprint density at radius 1 is 1.13 bits per heavy atom. The Morgan fingerprint density at radius 3 is 2.74 bits per heavy atom. The summed E-state index contributed by atoms with van der Waals surface area (Å²) in [6, 6.07) is 10.6. The zero-order chi connectivity index (χ0) is 26.9. The fourth-order valence-corrected chi connectivity index (χ4v) is 4.44. The molecule has 0 bridgehead atoms. The Balaban J connectivity index is 1.34. The van der Waals surface area contributed by atoms with Gasteiger partial charge >= 0.3 is 0 Å². The number of carbonyl (C=O) groups is 1. The summed E-state index contributed by atoms with van der Waals surface area (Å²) in [5, 5.41) is 19.1. The molecule has 1 aromatic carbocycles. The van der Waals surface area contributed by atoms with Crippen LogP contribution in [0.4, 0.5) is 0 Å². The second kappa shape index (κ2) is 9.78. The molecule has 0 aliphatic carbocycles. The predicted octanol–water partition coefficient (Wildman–Crippen LogP) is 4.24. The summed E-state index contributed by atoms with van der Waals surface area (Å²) in [7, 11) is 0. The van der Waals surface area contributed by atoms with Crippen LogP contribution in [0.2, 0.25) is 0 Å². The first-order valence-corrected chi connectivity index (χ1v) is 12.3. The number of aromatic nitrogens is 8. The third-order valence-corrected chi connectivity index (χ3v) is 6.32. The zero-order valence-corrected chi connectivity index (χ0v) is 21.2. The van der Waals surface area contributed by atoms with Crippen molar-refractivity contribution in [3.8, 4) is 17.2 Å². The second-order valence-electron chi connectivity index (χ2n) is 9.15. The number of benzene rings is 1. The van der Waals surface area contributed by atoms with Crippen LogP contribution >= 0.6 is 0 Å². The smallest absolute Gasteiger partial charge is 0.251 e.